The van der Waals surface area contributed by atoms with Crippen molar-refractivity contribution in [3.05, 3.63) is 38.4 Å². The second-order valence-electron chi connectivity index (χ2n) is 4.29. The molecule has 0 saturated heterocycles. The second-order valence-corrected chi connectivity index (χ2v) is 6.11. The van der Waals surface area contributed by atoms with Gasteiger partial charge in [-0.3, -0.25) is 0 Å². The van der Waals surface area contributed by atoms with Gasteiger partial charge in [0.1, 0.15) is 11.6 Å². The van der Waals surface area contributed by atoms with Gasteiger partial charge in [-0.1, -0.05) is 19.9 Å². The molecule has 1 N–H and O–H groups in total. The van der Waals surface area contributed by atoms with Crippen molar-refractivity contribution in [1.29, 1.82) is 0 Å². The minimum atomic E-state index is 0.804. The molecule has 2 aromatic heterocycles. The number of thiophene rings is 1. The summed E-state index contributed by atoms with van der Waals surface area (Å²) in [4.78, 5) is 10.6. The summed E-state index contributed by atoms with van der Waals surface area (Å²) in [5, 5.41) is 5.45. The predicted molar refractivity (Wildman–Crippen MR) is 85.0 cm³/mol. The summed E-state index contributed by atoms with van der Waals surface area (Å²) in [6, 6.07) is 4.19. The van der Waals surface area contributed by atoms with Crippen LogP contribution in [0.15, 0.2) is 22.0 Å². The number of hydrogen-bond donors (Lipinski definition) is 1. The van der Waals surface area contributed by atoms with Crippen molar-refractivity contribution in [3.63, 3.8) is 0 Å². The Labute approximate surface area is 126 Å². The first-order valence-electron chi connectivity index (χ1n) is 6.56. The molecule has 102 valence electrons. The zero-order chi connectivity index (χ0) is 13.7. The minimum Gasteiger partial charge on any atom is -0.369 e. The quantitative estimate of drug-likeness (QED) is 0.853. The number of nitrogens with one attached hydrogen (secondary N) is 1. The Morgan fingerprint density at radius 2 is 2.16 bits per heavy atom. The Kier molecular flexibility index (Phi) is 5.34. The van der Waals surface area contributed by atoms with Gasteiger partial charge in [0.05, 0.1) is 10.2 Å². The number of anilines is 1. The number of aromatic nitrogens is 2. The van der Waals surface area contributed by atoms with Crippen molar-refractivity contribution in [2.75, 3.05) is 11.9 Å². The molecule has 0 radical (unpaired) electrons. The fourth-order valence-electron chi connectivity index (χ4n) is 1.79. The molecule has 0 aromatic carbocycles. The van der Waals surface area contributed by atoms with Crippen LogP contribution in [-0.2, 0) is 12.8 Å². The van der Waals surface area contributed by atoms with E-state index >= 15 is 0 Å². The van der Waals surface area contributed by atoms with E-state index in [1.807, 2.05) is 0 Å². The summed E-state index contributed by atoms with van der Waals surface area (Å²) in [5.41, 5.74) is 1.07. The van der Waals surface area contributed by atoms with Crippen LogP contribution >= 0.6 is 27.3 Å². The van der Waals surface area contributed by atoms with Crippen molar-refractivity contribution < 1.29 is 0 Å². The molecule has 0 aliphatic carbocycles. The fraction of sp³-hybridized carbons (Fsp3) is 0.429. The highest BCUT2D eigenvalue weighted by Gasteiger charge is 2.11. The molecule has 0 unspecified atom stereocenters. The summed E-state index contributed by atoms with van der Waals surface area (Å²) in [7, 11) is 0. The van der Waals surface area contributed by atoms with Crippen LogP contribution in [0.2, 0.25) is 0 Å². The van der Waals surface area contributed by atoms with Gasteiger partial charge in [0, 0.05) is 17.8 Å². The van der Waals surface area contributed by atoms with Crippen molar-refractivity contribution >= 4 is 33.1 Å². The van der Waals surface area contributed by atoms with Crippen molar-refractivity contribution in [2.24, 2.45) is 0 Å². The maximum absolute atomic E-state index is 4.64. The molecule has 5 heteroatoms. The lowest BCUT2D eigenvalue weighted by Crippen LogP contribution is -2.09. The van der Waals surface area contributed by atoms with Crippen LogP contribution in [-0.4, -0.2) is 16.5 Å². The molecule has 0 aliphatic heterocycles. The molecule has 0 amide bonds. The first-order valence-corrected chi connectivity index (χ1v) is 8.23. The highest BCUT2D eigenvalue weighted by Crippen LogP contribution is 2.25. The molecule has 0 atom stereocenters. The maximum atomic E-state index is 4.64. The zero-order valence-electron chi connectivity index (χ0n) is 11.2. The normalized spacial score (nSPS) is 10.7. The number of rotatable bonds is 6. The van der Waals surface area contributed by atoms with Crippen LogP contribution < -0.4 is 5.32 Å². The predicted octanol–water partition coefficient (Wildman–Crippen LogP) is 4.28. The van der Waals surface area contributed by atoms with E-state index in [4.69, 9.17) is 0 Å². The molecule has 0 spiro atoms. The van der Waals surface area contributed by atoms with E-state index in [-0.39, 0.29) is 0 Å². The van der Waals surface area contributed by atoms with E-state index in [2.05, 4.69) is 62.6 Å². The Morgan fingerprint density at radius 3 is 2.79 bits per heavy atom. The molecule has 0 fully saturated rings. The second kappa shape index (κ2) is 7.01. The van der Waals surface area contributed by atoms with Crippen molar-refractivity contribution in [2.45, 2.75) is 33.1 Å². The molecular weight excluding hydrogens is 322 g/mol. The highest BCUT2D eigenvalue weighted by molar-refractivity contribution is 9.10. The van der Waals surface area contributed by atoms with Gasteiger partial charge in [-0.05, 0) is 40.2 Å². The lowest BCUT2D eigenvalue weighted by atomic mass is 10.2. The van der Waals surface area contributed by atoms with Gasteiger partial charge in [-0.2, -0.15) is 0 Å². The lowest BCUT2D eigenvalue weighted by Gasteiger charge is -2.11. The lowest BCUT2D eigenvalue weighted by molar-refractivity contribution is 0.888. The highest BCUT2D eigenvalue weighted by atomic mass is 79.9. The average Bonchev–Trinajstić information content (AvgIpc) is 2.91. The van der Waals surface area contributed by atoms with Crippen LogP contribution in [0.4, 0.5) is 5.82 Å². The molecule has 0 aliphatic rings. The summed E-state index contributed by atoms with van der Waals surface area (Å²) in [5.74, 6) is 1.81. The minimum absolute atomic E-state index is 0.804. The summed E-state index contributed by atoms with van der Waals surface area (Å²) in [6.45, 7) is 5.19. The van der Waals surface area contributed by atoms with Crippen LogP contribution in [0, 0.1) is 0 Å². The third kappa shape index (κ3) is 3.76. The number of halogens is 1. The molecule has 2 heterocycles. The Balaban J connectivity index is 2.27. The van der Waals surface area contributed by atoms with Crippen LogP contribution in [0.1, 0.15) is 36.7 Å². The maximum Gasteiger partial charge on any atom is 0.144 e. The van der Waals surface area contributed by atoms with Crippen molar-refractivity contribution in [1.82, 2.24) is 9.97 Å². The average molecular weight is 340 g/mol. The van der Waals surface area contributed by atoms with E-state index in [0.717, 1.165) is 47.6 Å². The molecule has 2 aromatic rings. The zero-order valence-corrected chi connectivity index (χ0v) is 13.6. The largest absolute Gasteiger partial charge is 0.369 e. The molecule has 0 saturated carbocycles. The number of aryl methyl sites for hydroxylation is 1. The van der Waals surface area contributed by atoms with Gasteiger partial charge in [0.15, 0.2) is 0 Å². The third-order valence-corrected chi connectivity index (χ3v) is 4.47. The number of hydrogen-bond acceptors (Lipinski definition) is 4. The Morgan fingerprint density at radius 1 is 1.32 bits per heavy atom. The topological polar surface area (TPSA) is 37.8 Å². The standard InChI is InChI=1S/C14H18BrN3S/c1-3-7-16-14-13(15)11(4-2)17-12(18-14)9-10-6-5-8-19-10/h5-6,8H,3-4,7,9H2,1-2H3,(H,16,17,18). The Hall–Kier alpha value is -0.940. The SMILES string of the molecule is CCCNc1nc(Cc2cccs2)nc(CC)c1Br. The van der Waals surface area contributed by atoms with Crippen LogP contribution in [0.5, 0.6) is 0 Å². The first kappa shape index (κ1) is 14.5. The molecule has 0 bridgehead atoms. The van der Waals surface area contributed by atoms with E-state index in [0.29, 0.717) is 0 Å². The summed E-state index contributed by atoms with van der Waals surface area (Å²) < 4.78 is 0.998. The van der Waals surface area contributed by atoms with Gasteiger partial charge in [-0.15, -0.1) is 11.3 Å². The molecule has 19 heavy (non-hydrogen) atoms. The molecular formula is C14H18BrN3S. The van der Waals surface area contributed by atoms with Gasteiger partial charge in [0.2, 0.25) is 0 Å². The van der Waals surface area contributed by atoms with Crippen molar-refractivity contribution in [3.8, 4) is 0 Å². The third-order valence-electron chi connectivity index (χ3n) is 2.76. The van der Waals surface area contributed by atoms with E-state index in [9.17, 15) is 0 Å². The van der Waals surface area contributed by atoms with E-state index < -0.39 is 0 Å². The van der Waals surface area contributed by atoms with E-state index in [1.54, 1.807) is 11.3 Å². The number of nitrogens with zero attached hydrogens (tertiary/aromatic N) is 2. The first-order chi connectivity index (χ1) is 9.24. The van der Waals surface area contributed by atoms with Crippen LogP contribution in [0.3, 0.4) is 0 Å². The smallest absolute Gasteiger partial charge is 0.144 e. The monoisotopic (exact) mass is 339 g/mol. The summed E-state index contributed by atoms with van der Waals surface area (Å²) in [6.07, 6.45) is 2.79. The van der Waals surface area contributed by atoms with Gasteiger partial charge in [0.25, 0.3) is 0 Å². The Bertz CT molecular complexity index is 526. The van der Waals surface area contributed by atoms with Gasteiger partial charge >= 0.3 is 0 Å². The van der Waals surface area contributed by atoms with Gasteiger partial charge in [-0.25, -0.2) is 9.97 Å². The summed E-state index contributed by atoms with van der Waals surface area (Å²) >= 11 is 5.35. The molecule has 2 rings (SSSR count). The fourth-order valence-corrected chi connectivity index (χ4v) is 3.09. The molecule has 3 nitrogen and oxygen atoms in total. The van der Waals surface area contributed by atoms with Crippen LogP contribution in [0.25, 0.3) is 0 Å². The van der Waals surface area contributed by atoms with E-state index in [1.165, 1.54) is 4.88 Å². The van der Waals surface area contributed by atoms with Gasteiger partial charge < -0.3 is 5.32 Å².